The second-order valence-corrected chi connectivity index (χ2v) is 6.43. The van der Waals surface area contributed by atoms with E-state index in [4.69, 9.17) is 4.74 Å². The quantitative estimate of drug-likeness (QED) is 0.829. The Kier molecular flexibility index (Phi) is 5.58. The van der Waals surface area contributed by atoms with Crippen molar-refractivity contribution in [1.29, 1.82) is 0 Å². The van der Waals surface area contributed by atoms with Gasteiger partial charge in [-0.15, -0.1) is 11.3 Å². The second-order valence-electron chi connectivity index (χ2n) is 5.52. The van der Waals surface area contributed by atoms with Gasteiger partial charge in [0.25, 0.3) is 0 Å². The molecule has 0 aliphatic rings. The summed E-state index contributed by atoms with van der Waals surface area (Å²) in [6.07, 6.45) is 1.27. The van der Waals surface area contributed by atoms with Gasteiger partial charge < -0.3 is 10.1 Å². The molecule has 0 saturated heterocycles. The van der Waals surface area contributed by atoms with Crippen molar-refractivity contribution in [3.8, 4) is 0 Å². The molecule has 2 unspecified atom stereocenters. The van der Waals surface area contributed by atoms with E-state index in [1.165, 1.54) is 15.6 Å². The van der Waals surface area contributed by atoms with Gasteiger partial charge >= 0.3 is 0 Å². The minimum atomic E-state index is 0.253. The van der Waals surface area contributed by atoms with E-state index in [0.29, 0.717) is 12.0 Å². The molecular weight excluding hydrogens is 266 g/mol. The van der Waals surface area contributed by atoms with Crippen molar-refractivity contribution >= 4 is 21.4 Å². The van der Waals surface area contributed by atoms with Crippen LogP contribution < -0.4 is 5.32 Å². The Morgan fingerprint density at radius 1 is 1.25 bits per heavy atom. The number of ether oxygens (including phenoxy) is 1. The smallest absolute Gasteiger partial charge is 0.0753 e. The Labute approximate surface area is 126 Å². The highest BCUT2D eigenvalue weighted by Crippen LogP contribution is 2.27. The number of hydrogen-bond donors (Lipinski definition) is 1. The predicted octanol–water partition coefficient (Wildman–Crippen LogP) is 4.09. The van der Waals surface area contributed by atoms with E-state index in [2.05, 4.69) is 55.7 Å². The number of benzene rings is 1. The Bertz CT molecular complexity index is 535. The lowest BCUT2D eigenvalue weighted by atomic mass is 9.94. The van der Waals surface area contributed by atoms with Crippen molar-refractivity contribution in [2.75, 3.05) is 13.7 Å². The zero-order valence-corrected chi connectivity index (χ0v) is 13.7. The van der Waals surface area contributed by atoms with Crippen LogP contribution in [0.3, 0.4) is 0 Å². The lowest BCUT2D eigenvalue weighted by Crippen LogP contribution is -2.44. The van der Waals surface area contributed by atoms with Gasteiger partial charge in [-0.05, 0) is 48.7 Å². The first-order valence-electron chi connectivity index (χ1n) is 7.41. The number of fused-ring (bicyclic) bond motifs is 1. The van der Waals surface area contributed by atoms with E-state index in [1.54, 1.807) is 0 Å². The number of thiophene rings is 1. The molecule has 0 saturated carbocycles. The summed E-state index contributed by atoms with van der Waals surface area (Å²) in [7, 11) is 2.04. The van der Waals surface area contributed by atoms with Crippen LogP contribution in [0.2, 0.25) is 0 Å². The average Bonchev–Trinajstić information content (AvgIpc) is 2.85. The van der Waals surface area contributed by atoms with Gasteiger partial charge in [-0.3, -0.25) is 0 Å². The Hall–Kier alpha value is -0.900. The molecule has 2 nitrogen and oxygen atoms in total. The van der Waals surface area contributed by atoms with E-state index in [9.17, 15) is 0 Å². The van der Waals surface area contributed by atoms with Gasteiger partial charge in [0.1, 0.15) is 0 Å². The first-order valence-corrected chi connectivity index (χ1v) is 8.29. The molecule has 1 heterocycles. The number of nitrogens with one attached hydrogen (secondary N) is 1. The SMILES string of the molecule is CCOC(C(C)C)C(Cc1csc2ccccc12)NC. The molecule has 20 heavy (non-hydrogen) atoms. The monoisotopic (exact) mass is 291 g/mol. The summed E-state index contributed by atoms with van der Waals surface area (Å²) < 4.78 is 7.33. The molecule has 0 spiro atoms. The van der Waals surface area contributed by atoms with Crippen LogP contribution in [0.4, 0.5) is 0 Å². The van der Waals surface area contributed by atoms with Crippen LogP contribution in [-0.2, 0) is 11.2 Å². The number of likely N-dealkylation sites (N-methyl/N-ethyl adjacent to an activating group) is 1. The van der Waals surface area contributed by atoms with Gasteiger partial charge in [-0.1, -0.05) is 32.0 Å². The topological polar surface area (TPSA) is 21.3 Å². The first-order chi connectivity index (χ1) is 9.67. The summed E-state index contributed by atoms with van der Waals surface area (Å²) in [6.45, 7) is 7.31. The van der Waals surface area contributed by atoms with Crippen LogP contribution in [0, 0.1) is 5.92 Å². The molecule has 2 aromatic rings. The van der Waals surface area contributed by atoms with Crippen molar-refractivity contribution in [1.82, 2.24) is 5.32 Å². The molecular formula is C17H25NOS. The van der Waals surface area contributed by atoms with E-state index >= 15 is 0 Å². The zero-order chi connectivity index (χ0) is 14.5. The van der Waals surface area contributed by atoms with Crippen LogP contribution in [0.5, 0.6) is 0 Å². The molecule has 0 aliphatic carbocycles. The number of hydrogen-bond acceptors (Lipinski definition) is 3. The molecule has 0 fully saturated rings. The molecule has 2 rings (SSSR count). The summed E-state index contributed by atoms with van der Waals surface area (Å²) in [5, 5.41) is 7.13. The molecule has 1 aromatic carbocycles. The molecule has 0 bridgehead atoms. The Morgan fingerprint density at radius 2 is 2.00 bits per heavy atom. The highest BCUT2D eigenvalue weighted by molar-refractivity contribution is 7.17. The molecule has 1 N–H and O–H groups in total. The van der Waals surface area contributed by atoms with Crippen molar-refractivity contribution in [2.24, 2.45) is 5.92 Å². The lowest BCUT2D eigenvalue weighted by molar-refractivity contribution is 0.00544. The summed E-state index contributed by atoms with van der Waals surface area (Å²) in [5.41, 5.74) is 1.43. The van der Waals surface area contributed by atoms with Gasteiger partial charge in [0, 0.05) is 17.3 Å². The van der Waals surface area contributed by atoms with Crippen LogP contribution in [0.15, 0.2) is 29.6 Å². The molecule has 1 aromatic heterocycles. The fraction of sp³-hybridized carbons (Fsp3) is 0.529. The number of rotatable bonds is 7. The first kappa shape index (κ1) is 15.5. The van der Waals surface area contributed by atoms with Crippen molar-refractivity contribution in [3.05, 3.63) is 35.2 Å². The third kappa shape index (κ3) is 3.40. The molecule has 0 amide bonds. The third-order valence-corrected chi connectivity index (χ3v) is 4.80. The fourth-order valence-corrected chi connectivity index (χ4v) is 3.75. The Balaban J connectivity index is 2.20. The van der Waals surface area contributed by atoms with Crippen molar-refractivity contribution < 1.29 is 4.74 Å². The summed E-state index contributed by atoms with van der Waals surface area (Å²) in [6, 6.07) is 9.00. The summed E-state index contributed by atoms with van der Waals surface area (Å²) in [5.74, 6) is 0.511. The van der Waals surface area contributed by atoms with Gasteiger partial charge in [0.2, 0.25) is 0 Å². The minimum absolute atomic E-state index is 0.253. The third-order valence-electron chi connectivity index (χ3n) is 3.78. The molecule has 2 atom stereocenters. The van der Waals surface area contributed by atoms with Crippen LogP contribution in [0.25, 0.3) is 10.1 Å². The highest BCUT2D eigenvalue weighted by Gasteiger charge is 2.24. The lowest BCUT2D eigenvalue weighted by Gasteiger charge is -2.29. The van der Waals surface area contributed by atoms with Crippen molar-refractivity contribution in [2.45, 2.75) is 39.3 Å². The molecule has 0 aliphatic heterocycles. The van der Waals surface area contributed by atoms with E-state index in [0.717, 1.165) is 13.0 Å². The van der Waals surface area contributed by atoms with Gasteiger partial charge in [0.05, 0.1) is 6.10 Å². The second kappa shape index (κ2) is 7.21. The zero-order valence-electron chi connectivity index (χ0n) is 12.8. The molecule has 3 heteroatoms. The van der Waals surface area contributed by atoms with E-state index in [1.807, 2.05) is 18.4 Å². The maximum atomic E-state index is 5.96. The highest BCUT2D eigenvalue weighted by atomic mass is 32.1. The average molecular weight is 291 g/mol. The summed E-state index contributed by atoms with van der Waals surface area (Å²) >= 11 is 1.83. The largest absolute Gasteiger partial charge is 0.377 e. The van der Waals surface area contributed by atoms with Crippen molar-refractivity contribution in [3.63, 3.8) is 0 Å². The van der Waals surface area contributed by atoms with Crippen LogP contribution >= 0.6 is 11.3 Å². The van der Waals surface area contributed by atoms with Crippen LogP contribution in [0.1, 0.15) is 26.3 Å². The van der Waals surface area contributed by atoms with Gasteiger partial charge in [-0.2, -0.15) is 0 Å². The standard InChI is InChI=1S/C17H25NOS/c1-5-19-17(12(2)3)15(18-4)10-13-11-20-16-9-7-6-8-14(13)16/h6-9,11-12,15,17-18H,5,10H2,1-4H3. The van der Waals surface area contributed by atoms with E-state index in [-0.39, 0.29) is 6.10 Å². The van der Waals surface area contributed by atoms with E-state index < -0.39 is 0 Å². The molecule has 0 radical (unpaired) electrons. The summed E-state index contributed by atoms with van der Waals surface area (Å²) in [4.78, 5) is 0. The predicted molar refractivity (Wildman–Crippen MR) is 88.6 cm³/mol. The van der Waals surface area contributed by atoms with Crippen LogP contribution in [-0.4, -0.2) is 25.8 Å². The normalized spacial score (nSPS) is 14.8. The van der Waals surface area contributed by atoms with Gasteiger partial charge in [-0.25, -0.2) is 0 Å². The maximum absolute atomic E-state index is 5.96. The van der Waals surface area contributed by atoms with Gasteiger partial charge in [0.15, 0.2) is 0 Å². The maximum Gasteiger partial charge on any atom is 0.0753 e. The fourth-order valence-electron chi connectivity index (χ4n) is 2.78. The minimum Gasteiger partial charge on any atom is -0.377 e. The molecule has 110 valence electrons. The Morgan fingerprint density at radius 3 is 2.65 bits per heavy atom.